The number of anilines is 1. The van der Waals surface area contributed by atoms with E-state index in [-0.39, 0.29) is 16.7 Å². The third-order valence-electron chi connectivity index (χ3n) is 5.21. The van der Waals surface area contributed by atoms with Crippen molar-refractivity contribution in [2.75, 3.05) is 31.2 Å². The summed E-state index contributed by atoms with van der Waals surface area (Å²) in [5, 5.41) is 4.08. The van der Waals surface area contributed by atoms with Gasteiger partial charge in [0.25, 0.3) is 0 Å². The normalized spacial score (nSPS) is 15.9. The molecule has 31 heavy (non-hydrogen) atoms. The Kier molecular flexibility index (Phi) is 6.35. The number of rotatable bonds is 7. The zero-order chi connectivity index (χ0) is 21.8. The molecule has 1 N–H and O–H groups in total. The molecule has 0 aliphatic carbocycles. The van der Waals surface area contributed by atoms with E-state index in [9.17, 15) is 8.42 Å². The number of ether oxygens (including phenoxy) is 1. The lowest BCUT2D eigenvalue weighted by Gasteiger charge is -2.28. The van der Waals surface area contributed by atoms with Crippen molar-refractivity contribution in [3.8, 4) is 11.4 Å². The number of hydrogen-bond acceptors (Lipinski definition) is 7. The molecule has 1 aliphatic rings. The van der Waals surface area contributed by atoms with Gasteiger partial charge in [0.1, 0.15) is 6.04 Å². The fraction of sp³-hybridized carbons (Fsp3) is 0.364. The van der Waals surface area contributed by atoms with Gasteiger partial charge < -0.3 is 14.2 Å². The quantitative estimate of drug-likeness (QED) is 0.600. The van der Waals surface area contributed by atoms with E-state index in [1.54, 1.807) is 30.3 Å². The number of morpholine rings is 1. The summed E-state index contributed by atoms with van der Waals surface area (Å²) < 4.78 is 39.1. The van der Waals surface area contributed by atoms with E-state index in [0.29, 0.717) is 5.82 Å². The maximum absolute atomic E-state index is 12.8. The molecule has 2 heterocycles. The molecule has 0 amide bonds. The van der Waals surface area contributed by atoms with Gasteiger partial charge in [0.15, 0.2) is 0 Å². The van der Waals surface area contributed by atoms with Crippen LogP contribution in [0.3, 0.4) is 0 Å². The molecule has 0 bridgehead atoms. The largest absolute Gasteiger partial charge is 0.378 e. The van der Waals surface area contributed by atoms with Gasteiger partial charge in [0.2, 0.25) is 21.7 Å². The molecular weight excluding hydrogens is 416 g/mol. The van der Waals surface area contributed by atoms with Gasteiger partial charge in [-0.3, -0.25) is 0 Å². The van der Waals surface area contributed by atoms with Gasteiger partial charge >= 0.3 is 0 Å². The van der Waals surface area contributed by atoms with Crippen LogP contribution in [0.15, 0.2) is 64.0 Å². The minimum atomic E-state index is -3.72. The third-order valence-corrected chi connectivity index (χ3v) is 6.67. The van der Waals surface area contributed by atoms with Crippen LogP contribution in [0.5, 0.6) is 0 Å². The van der Waals surface area contributed by atoms with E-state index < -0.39 is 16.1 Å². The molecule has 1 saturated heterocycles. The van der Waals surface area contributed by atoms with E-state index in [1.165, 1.54) is 0 Å². The Balaban J connectivity index is 1.53. The maximum atomic E-state index is 12.8. The second-order valence-electron chi connectivity index (χ2n) is 7.76. The molecule has 0 radical (unpaired) electrons. The molecule has 1 aromatic heterocycles. The highest BCUT2D eigenvalue weighted by Crippen LogP contribution is 2.27. The van der Waals surface area contributed by atoms with Crippen molar-refractivity contribution in [2.24, 2.45) is 5.92 Å². The number of nitrogens with one attached hydrogen (secondary N) is 1. The van der Waals surface area contributed by atoms with Crippen molar-refractivity contribution >= 4 is 15.7 Å². The minimum Gasteiger partial charge on any atom is -0.378 e. The number of sulfonamides is 1. The first-order valence-electron chi connectivity index (χ1n) is 10.3. The Labute approximate surface area is 182 Å². The molecule has 164 valence electrons. The van der Waals surface area contributed by atoms with Crippen molar-refractivity contribution in [2.45, 2.75) is 24.8 Å². The Bertz CT molecular complexity index is 1090. The van der Waals surface area contributed by atoms with Gasteiger partial charge in [-0.15, -0.1) is 0 Å². The van der Waals surface area contributed by atoms with Crippen LogP contribution in [0.4, 0.5) is 5.69 Å². The molecule has 1 aliphatic heterocycles. The SMILES string of the molecule is CC(C)C(NS(=O)(=O)c1ccccc1)c1nc(-c2ccc(N3CCOCC3)cc2)no1. The lowest BCUT2D eigenvalue weighted by molar-refractivity contribution is 0.122. The minimum absolute atomic E-state index is 0.0875. The maximum Gasteiger partial charge on any atom is 0.245 e. The summed E-state index contributed by atoms with van der Waals surface area (Å²) in [6.07, 6.45) is 0. The van der Waals surface area contributed by atoms with Crippen molar-refractivity contribution in [3.63, 3.8) is 0 Å². The topological polar surface area (TPSA) is 97.6 Å². The van der Waals surface area contributed by atoms with E-state index in [0.717, 1.165) is 37.6 Å². The first-order chi connectivity index (χ1) is 14.9. The summed E-state index contributed by atoms with van der Waals surface area (Å²) in [6, 6.07) is 15.5. The highest BCUT2D eigenvalue weighted by Gasteiger charge is 2.28. The van der Waals surface area contributed by atoms with Crippen molar-refractivity contribution in [3.05, 3.63) is 60.5 Å². The molecule has 0 spiro atoms. The second kappa shape index (κ2) is 9.17. The molecule has 3 aromatic rings. The Morgan fingerprint density at radius 1 is 1.00 bits per heavy atom. The van der Waals surface area contributed by atoms with Gasteiger partial charge in [-0.05, 0) is 42.3 Å². The second-order valence-corrected chi connectivity index (χ2v) is 9.47. The van der Waals surface area contributed by atoms with Gasteiger partial charge in [0, 0.05) is 24.3 Å². The number of benzene rings is 2. The first-order valence-corrected chi connectivity index (χ1v) is 11.8. The van der Waals surface area contributed by atoms with Crippen LogP contribution in [0.2, 0.25) is 0 Å². The van der Waals surface area contributed by atoms with Crippen LogP contribution < -0.4 is 9.62 Å². The van der Waals surface area contributed by atoms with Gasteiger partial charge in [-0.2, -0.15) is 9.71 Å². The zero-order valence-corrected chi connectivity index (χ0v) is 18.4. The lowest BCUT2D eigenvalue weighted by Crippen LogP contribution is -2.36. The summed E-state index contributed by atoms with van der Waals surface area (Å²) in [5.41, 5.74) is 1.92. The van der Waals surface area contributed by atoms with E-state index >= 15 is 0 Å². The molecule has 9 heteroatoms. The van der Waals surface area contributed by atoms with E-state index in [4.69, 9.17) is 9.26 Å². The molecule has 8 nitrogen and oxygen atoms in total. The first kappa shape index (κ1) is 21.5. The standard InChI is InChI=1S/C22H26N4O4S/c1-16(2)20(25-31(27,28)19-6-4-3-5-7-19)22-23-21(24-30-22)17-8-10-18(11-9-17)26-12-14-29-15-13-26/h3-11,16,20,25H,12-15H2,1-2H3. The molecule has 4 rings (SSSR count). The van der Waals surface area contributed by atoms with Crippen molar-refractivity contribution in [1.29, 1.82) is 0 Å². The molecule has 1 atom stereocenters. The molecule has 1 fully saturated rings. The fourth-order valence-electron chi connectivity index (χ4n) is 3.43. The van der Waals surface area contributed by atoms with Gasteiger partial charge in [0.05, 0.1) is 18.1 Å². The summed E-state index contributed by atoms with van der Waals surface area (Å²) in [4.78, 5) is 6.94. The number of hydrogen-bond donors (Lipinski definition) is 1. The monoisotopic (exact) mass is 442 g/mol. The summed E-state index contributed by atoms with van der Waals surface area (Å²) in [5.74, 6) is 0.574. The molecule has 1 unspecified atom stereocenters. The Morgan fingerprint density at radius 2 is 1.68 bits per heavy atom. The highest BCUT2D eigenvalue weighted by atomic mass is 32.2. The van der Waals surface area contributed by atoms with Crippen LogP contribution in [0, 0.1) is 5.92 Å². The highest BCUT2D eigenvalue weighted by molar-refractivity contribution is 7.89. The van der Waals surface area contributed by atoms with E-state index in [2.05, 4.69) is 19.8 Å². The number of nitrogens with zero attached hydrogens (tertiary/aromatic N) is 3. The van der Waals surface area contributed by atoms with Crippen LogP contribution >= 0.6 is 0 Å². The van der Waals surface area contributed by atoms with Crippen LogP contribution in [0.1, 0.15) is 25.8 Å². The molecular formula is C22H26N4O4S. The number of aromatic nitrogens is 2. The van der Waals surface area contributed by atoms with Crippen molar-refractivity contribution < 1.29 is 17.7 Å². The van der Waals surface area contributed by atoms with Crippen LogP contribution in [0.25, 0.3) is 11.4 Å². The average Bonchev–Trinajstić information content (AvgIpc) is 3.28. The smallest absolute Gasteiger partial charge is 0.245 e. The fourth-order valence-corrected chi connectivity index (χ4v) is 4.79. The summed E-state index contributed by atoms with van der Waals surface area (Å²) in [6.45, 7) is 6.99. The van der Waals surface area contributed by atoms with Crippen molar-refractivity contribution in [1.82, 2.24) is 14.9 Å². The summed E-state index contributed by atoms with van der Waals surface area (Å²) >= 11 is 0. The van der Waals surface area contributed by atoms with Gasteiger partial charge in [-0.1, -0.05) is 37.2 Å². The molecule has 2 aromatic carbocycles. The predicted molar refractivity (Wildman–Crippen MR) is 117 cm³/mol. The predicted octanol–water partition coefficient (Wildman–Crippen LogP) is 3.25. The Morgan fingerprint density at radius 3 is 2.32 bits per heavy atom. The summed E-state index contributed by atoms with van der Waals surface area (Å²) in [7, 11) is -3.72. The van der Waals surface area contributed by atoms with Crippen LogP contribution in [-0.2, 0) is 14.8 Å². The van der Waals surface area contributed by atoms with E-state index in [1.807, 2.05) is 38.1 Å². The molecule has 0 saturated carbocycles. The van der Waals surface area contributed by atoms with Crippen LogP contribution in [-0.4, -0.2) is 44.9 Å². The lowest BCUT2D eigenvalue weighted by atomic mass is 10.1. The van der Waals surface area contributed by atoms with Gasteiger partial charge in [-0.25, -0.2) is 8.42 Å². The average molecular weight is 443 g/mol. The Hall–Kier alpha value is -2.75. The third kappa shape index (κ3) is 4.95. The zero-order valence-electron chi connectivity index (χ0n) is 17.6.